The van der Waals surface area contributed by atoms with Crippen molar-refractivity contribution >= 4 is 5.96 Å². The Morgan fingerprint density at radius 3 is 2.23 bits per heavy atom. The molecule has 1 rings (SSSR count). The summed E-state index contributed by atoms with van der Waals surface area (Å²) in [6, 6.07) is 8.43. The number of aliphatic hydroxyl groups is 1. The van der Waals surface area contributed by atoms with Crippen LogP contribution in [0.4, 0.5) is 0 Å². The SMILES string of the molecule is CCNC(=NCC(O)c1ccc(OC)cc1)NCCN(C(C)C)C(C)C. The minimum Gasteiger partial charge on any atom is -0.497 e. The Balaban J connectivity index is 2.58. The highest BCUT2D eigenvalue weighted by Gasteiger charge is 2.13. The van der Waals surface area contributed by atoms with Gasteiger partial charge in [0.15, 0.2) is 5.96 Å². The molecule has 26 heavy (non-hydrogen) atoms. The number of nitrogens with zero attached hydrogens (tertiary/aromatic N) is 2. The molecule has 0 aliphatic heterocycles. The summed E-state index contributed by atoms with van der Waals surface area (Å²) in [4.78, 5) is 6.95. The zero-order valence-electron chi connectivity index (χ0n) is 17.1. The third-order valence-electron chi connectivity index (χ3n) is 4.26. The van der Waals surface area contributed by atoms with Crippen molar-refractivity contribution in [3.63, 3.8) is 0 Å². The maximum atomic E-state index is 10.3. The van der Waals surface area contributed by atoms with Gasteiger partial charge in [0.25, 0.3) is 0 Å². The first kappa shape index (κ1) is 22.3. The highest BCUT2D eigenvalue weighted by atomic mass is 16.5. The normalized spacial score (nSPS) is 13.4. The fraction of sp³-hybridized carbons (Fsp3) is 0.650. The van der Waals surface area contributed by atoms with Gasteiger partial charge in [-0.1, -0.05) is 12.1 Å². The van der Waals surface area contributed by atoms with Gasteiger partial charge in [-0.2, -0.15) is 0 Å². The Morgan fingerprint density at radius 1 is 1.12 bits per heavy atom. The van der Waals surface area contributed by atoms with Crippen LogP contribution in [-0.2, 0) is 0 Å². The van der Waals surface area contributed by atoms with E-state index < -0.39 is 6.10 Å². The van der Waals surface area contributed by atoms with Crippen molar-refractivity contribution < 1.29 is 9.84 Å². The van der Waals surface area contributed by atoms with Crippen LogP contribution in [0, 0.1) is 0 Å². The maximum absolute atomic E-state index is 10.3. The van der Waals surface area contributed by atoms with Gasteiger partial charge in [0.2, 0.25) is 0 Å². The third-order valence-corrected chi connectivity index (χ3v) is 4.26. The van der Waals surface area contributed by atoms with E-state index in [9.17, 15) is 5.11 Å². The Labute approximate surface area is 158 Å². The Bertz CT molecular complexity index is 521. The average molecular weight is 365 g/mol. The van der Waals surface area contributed by atoms with Crippen LogP contribution in [0.3, 0.4) is 0 Å². The van der Waals surface area contributed by atoms with E-state index in [2.05, 4.69) is 48.2 Å². The molecule has 1 atom stereocenters. The second-order valence-electron chi connectivity index (χ2n) is 6.86. The van der Waals surface area contributed by atoms with Crippen LogP contribution in [0.25, 0.3) is 0 Å². The zero-order valence-corrected chi connectivity index (χ0v) is 17.1. The first-order chi connectivity index (χ1) is 12.4. The molecular formula is C20H36N4O2. The first-order valence-electron chi connectivity index (χ1n) is 9.48. The Kier molecular flexibility index (Phi) is 10.1. The molecule has 0 heterocycles. The van der Waals surface area contributed by atoms with Gasteiger partial charge in [-0.3, -0.25) is 9.89 Å². The maximum Gasteiger partial charge on any atom is 0.191 e. The van der Waals surface area contributed by atoms with Gasteiger partial charge in [-0.15, -0.1) is 0 Å². The van der Waals surface area contributed by atoms with Crippen molar-refractivity contribution in [1.29, 1.82) is 0 Å². The fourth-order valence-electron chi connectivity index (χ4n) is 2.87. The molecule has 0 spiro atoms. The van der Waals surface area contributed by atoms with Crippen molar-refractivity contribution in [2.75, 3.05) is 33.3 Å². The van der Waals surface area contributed by atoms with E-state index >= 15 is 0 Å². The van der Waals surface area contributed by atoms with Crippen LogP contribution in [0.2, 0.25) is 0 Å². The number of nitrogens with one attached hydrogen (secondary N) is 2. The molecule has 0 amide bonds. The van der Waals surface area contributed by atoms with E-state index in [1.165, 1.54) is 0 Å². The summed E-state index contributed by atoms with van der Waals surface area (Å²) in [7, 11) is 1.63. The second kappa shape index (κ2) is 11.8. The predicted molar refractivity (Wildman–Crippen MR) is 109 cm³/mol. The minimum absolute atomic E-state index is 0.305. The van der Waals surface area contributed by atoms with Crippen molar-refractivity contribution in [3.05, 3.63) is 29.8 Å². The lowest BCUT2D eigenvalue weighted by atomic mass is 10.1. The van der Waals surface area contributed by atoms with Crippen LogP contribution in [0.5, 0.6) is 5.75 Å². The average Bonchev–Trinajstić information content (AvgIpc) is 2.62. The van der Waals surface area contributed by atoms with Crippen LogP contribution < -0.4 is 15.4 Å². The molecule has 0 bridgehead atoms. The van der Waals surface area contributed by atoms with Gasteiger partial charge in [0, 0.05) is 31.7 Å². The van der Waals surface area contributed by atoms with E-state index in [4.69, 9.17) is 4.74 Å². The molecule has 0 saturated heterocycles. The molecule has 6 nitrogen and oxygen atoms in total. The van der Waals surface area contributed by atoms with Gasteiger partial charge in [-0.05, 0) is 52.3 Å². The molecule has 3 N–H and O–H groups in total. The monoisotopic (exact) mass is 364 g/mol. The van der Waals surface area contributed by atoms with Crippen molar-refractivity contribution in [1.82, 2.24) is 15.5 Å². The molecule has 0 saturated carbocycles. The van der Waals surface area contributed by atoms with E-state index in [0.29, 0.717) is 18.6 Å². The minimum atomic E-state index is -0.640. The number of aliphatic imine (C=N–C) groups is 1. The topological polar surface area (TPSA) is 69.1 Å². The lowest BCUT2D eigenvalue weighted by molar-refractivity contribution is 0.178. The second-order valence-corrected chi connectivity index (χ2v) is 6.86. The standard InChI is InChI=1S/C20H36N4O2/c1-7-21-20(22-12-13-24(15(2)3)16(4)5)23-14-19(25)17-8-10-18(26-6)11-9-17/h8-11,15-16,19,25H,7,12-14H2,1-6H3,(H2,21,22,23). The molecule has 1 aromatic rings. The van der Waals surface area contributed by atoms with E-state index in [1.54, 1.807) is 7.11 Å². The van der Waals surface area contributed by atoms with Gasteiger partial charge >= 0.3 is 0 Å². The highest BCUT2D eigenvalue weighted by molar-refractivity contribution is 5.79. The lowest BCUT2D eigenvalue weighted by Gasteiger charge is -2.30. The van der Waals surface area contributed by atoms with Crippen molar-refractivity contribution in [2.24, 2.45) is 4.99 Å². The molecule has 0 fully saturated rings. The lowest BCUT2D eigenvalue weighted by Crippen LogP contribution is -2.45. The predicted octanol–water partition coefficient (Wildman–Crippen LogP) is 2.40. The number of hydrogen-bond acceptors (Lipinski definition) is 4. The van der Waals surface area contributed by atoms with E-state index in [1.807, 2.05) is 31.2 Å². The first-order valence-corrected chi connectivity index (χ1v) is 9.48. The number of hydrogen-bond donors (Lipinski definition) is 3. The van der Waals surface area contributed by atoms with Crippen LogP contribution in [-0.4, -0.2) is 61.3 Å². The zero-order chi connectivity index (χ0) is 19.5. The number of methoxy groups -OCH3 is 1. The molecule has 6 heteroatoms. The smallest absolute Gasteiger partial charge is 0.191 e. The molecule has 0 radical (unpaired) electrons. The Hall–Kier alpha value is -1.79. The number of rotatable bonds is 10. The molecule has 1 aromatic carbocycles. The summed E-state index contributed by atoms with van der Waals surface area (Å²) in [6.07, 6.45) is -0.640. The van der Waals surface area contributed by atoms with E-state index in [0.717, 1.165) is 36.9 Å². The summed E-state index contributed by atoms with van der Waals surface area (Å²) in [6.45, 7) is 13.7. The summed E-state index contributed by atoms with van der Waals surface area (Å²) in [5.74, 6) is 1.51. The molecule has 1 unspecified atom stereocenters. The number of aliphatic hydroxyl groups excluding tert-OH is 1. The van der Waals surface area contributed by atoms with Gasteiger partial charge in [0.1, 0.15) is 5.75 Å². The van der Waals surface area contributed by atoms with E-state index in [-0.39, 0.29) is 0 Å². The van der Waals surface area contributed by atoms with Crippen molar-refractivity contribution in [3.8, 4) is 5.75 Å². The molecule has 0 aliphatic rings. The molecule has 0 aromatic heterocycles. The summed E-state index contributed by atoms with van der Waals surface area (Å²) >= 11 is 0. The van der Waals surface area contributed by atoms with Gasteiger partial charge < -0.3 is 20.5 Å². The van der Waals surface area contributed by atoms with Crippen LogP contribution in [0.1, 0.15) is 46.3 Å². The van der Waals surface area contributed by atoms with Gasteiger partial charge in [-0.25, -0.2) is 0 Å². The van der Waals surface area contributed by atoms with Crippen LogP contribution in [0.15, 0.2) is 29.3 Å². The number of ether oxygens (including phenoxy) is 1. The van der Waals surface area contributed by atoms with Gasteiger partial charge in [0.05, 0.1) is 19.8 Å². The largest absolute Gasteiger partial charge is 0.497 e. The quantitative estimate of drug-likeness (QED) is 0.439. The molecule has 148 valence electrons. The summed E-state index contributed by atoms with van der Waals surface area (Å²) in [5.41, 5.74) is 0.830. The number of benzene rings is 1. The summed E-state index contributed by atoms with van der Waals surface area (Å²) in [5, 5.41) is 16.9. The highest BCUT2D eigenvalue weighted by Crippen LogP contribution is 2.17. The fourth-order valence-corrected chi connectivity index (χ4v) is 2.87. The molecule has 0 aliphatic carbocycles. The molecular weight excluding hydrogens is 328 g/mol. The number of guanidine groups is 1. The third kappa shape index (κ3) is 7.62. The van der Waals surface area contributed by atoms with Crippen molar-refractivity contribution in [2.45, 2.75) is 52.8 Å². The summed E-state index contributed by atoms with van der Waals surface area (Å²) < 4.78 is 5.14. The Morgan fingerprint density at radius 2 is 1.73 bits per heavy atom. The van der Waals surface area contributed by atoms with Crippen LogP contribution >= 0.6 is 0 Å².